The third kappa shape index (κ3) is 2.48. The Bertz CT molecular complexity index is 714. The fourth-order valence-electron chi connectivity index (χ4n) is 2.15. The molecule has 0 aliphatic carbocycles. The number of Topliss-reactive ketones (excluding diaryl/α,β-unsaturated/α-hetero) is 1. The Labute approximate surface area is 122 Å². The van der Waals surface area contributed by atoms with E-state index in [1.54, 1.807) is 38.5 Å². The summed E-state index contributed by atoms with van der Waals surface area (Å²) in [5, 5.41) is 0. The number of fused-ring (bicyclic) bond motifs is 1. The van der Waals surface area contributed by atoms with Crippen LogP contribution in [-0.2, 0) is 0 Å². The number of hydrogen-bond acceptors (Lipinski definition) is 4. The molecule has 2 aromatic carbocycles. The Morgan fingerprint density at radius 2 is 1.62 bits per heavy atom. The minimum Gasteiger partial charge on any atom is -0.497 e. The zero-order chi connectivity index (χ0) is 14.8. The Morgan fingerprint density at radius 1 is 0.952 bits per heavy atom. The van der Waals surface area contributed by atoms with Crippen LogP contribution < -0.4 is 14.2 Å². The minimum absolute atomic E-state index is 0.139. The highest BCUT2D eigenvalue weighted by Crippen LogP contribution is 2.34. The summed E-state index contributed by atoms with van der Waals surface area (Å²) in [4.78, 5) is 12.3. The Morgan fingerprint density at radius 3 is 2.29 bits per heavy atom. The van der Waals surface area contributed by atoms with Crippen molar-refractivity contribution in [2.24, 2.45) is 0 Å². The first-order valence-corrected chi connectivity index (χ1v) is 6.47. The lowest BCUT2D eigenvalue weighted by molar-refractivity contribution is 0.101. The van der Waals surface area contributed by atoms with E-state index in [9.17, 15) is 4.79 Å². The molecule has 0 bridgehead atoms. The van der Waals surface area contributed by atoms with E-state index in [1.165, 1.54) is 0 Å². The Kier molecular flexibility index (Phi) is 3.36. The van der Waals surface area contributed by atoms with Crippen molar-refractivity contribution in [3.8, 4) is 17.2 Å². The van der Waals surface area contributed by atoms with Gasteiger partial charge in [0.2, 0.25) is 5.78 Å². The van der Waals surface area contributed by atoms with Crippen LogP contribution in [0.2, 0.25) is 0 Å². The van der Waals surface area contributed by atoms with Crippen LogP contribution in [0, 0.1) is 0 Å². The smallest absolute Gasteiger partial charge is 0.232 e. The number of methoxy groups -OCH3 is 2. The van der Waals surface area contributed by atoms with Crippen LogP contribution in [-0.4, -0.2) is 20.0 Å². The SMILES string of the molecule is COc1ccc(/C=C2\Oc3ccc(OC)cc3C2=O)cc1. The van der Waals surface area contributed by atoms with Crippen molar-refractivity contribution in [1.82, 2.24) is 0 Å². The minimum atomic E-state index is -0.139. The van der Waals surface area contributed by atoms with Gasteiger partial charge in [0.05, 0.1) is 19.8 Å². The van der Waals surface area contributed by atoms with Crippen molar-refractivity contribution in [1.29, 1.82) is 0 Å². The molecule has 0 aromatic heterocycles. The van der Waals surface area contributed by atoms with Crippen molar-refractivity contribution >= 4 is 11.9 Å². The highest BCUT2D eigenvalue weighted by Gasteiger charge is 2.27. The van der Waals surface area contributed by atoms with Crippen LogP contribution in [0.4, 0.5) is 0 Å². The molecular formula is C17H14O4. The largest absolute Gasteiger partial charge is 0.497 e. The molecule has 2 aromatic rings. The molecule has 0 N–H and O–H groups in total. The van der Waals surface area contributed by atoms with E-state index in [-0.39, 0.29) is 5.78 Å². The van der Waals surface area contributed by atoms with Crippen LogP contribution >= 0.6 is 0 Å². The molecule has 3 rings (SSSR count). The molecule has 0 saturated carbocycles. The highest BCUT2D eigenvalue weighted by atomic mass is 16.5. The topological polar surface area (TPSA) is 44.8 Å². The van der Waals surface area contributed by atoms with Gasteiger partial charge in [-0.3, -0.25) is 4.79 Å². The number of hydrogen-bond donors (Lipinski definition) is 0. The van der Waals surface area contributed by atoms with Gasteiger partial charge >= 0.3 is 0 Å². The predicted octanol–water partition coefficient (Wildman–Crippen LogP) is 3.32. The van der Waals surface area contributed by atoms with Gasteiger partial charge < -0.3 is 14.2 Å². The molecule has 4 heteroatoms. The summed E-state index contributed by atoms with van der Waals surface area (Å²) in [7, 11) is 3.18. The molecule has 4 nitrogen and oxygen atoms in total. The van der Waals surface area contributed by atoms with E-state index in [0.29, 0.717) is 22.8 Å². The second-order valence-corrected chi connectivity index (χ2v) is 4.58. The molecular weight excluding hydrogens is 268 g/mol. The molecule has 0 atom stereocenters. The average Bonchev–Trinajstić information content (AvgIpc) is 2.84. The first-order chi connectivity index (χ1) is 10.2. The second kappa shape index (κ2) is 5.32. The highest BCUT2D eigenvalue weighted by molar-refractivity contribution is 6.14. The van der Waals surface area contributed by atoms with E-state index >= 15 is 0 Å². The van der Waals surface area contributed by atoms with Crippen molar-refractivity contribution in [3.05, 3.63) is 59.4 Å². The van der Waals surface area contributed by atoms with Gasteiger partial charge in [-0.2, -0.15) is 0 Å². The molecule has 0 amide bonds. The van der Waals surface area contributed by atoms with Crippen molar-refractivity contribution in [3.63, 3.8) is 0 Å². The van der Waals surface area contributed by atoms with E-state index in [4.69, 9.17) is 14.2 Å². The van der Waals surface area contributed by atoms with E-state index in [1.807, 2.05) is 24.3 Å². The number of allylic oxidation sites excluding steroid dienone is 1. The summed E-state index contributed by atoms with van der Waals surface area (Å²) in [6.45, 7) is 0. The van der Waals surface area contributed by atoms with E-state index in [0.717, 1.165) is 11.3 Å². The summed E-state index contributed by atoms with van der Waals surface area (Å²) in [5.74, 6) is 2.13. The van der Waals surface area contributed by atoms with Crippen LogP contribution in [0.1, 0.15) is 15.9 Å². The third-order valence-electron chi connectivity index (χ3n) is 3.29. The summed E-state index contributed by atoms with van der Waals surface area (Å²) in [5.41, 5.74) is 1.40. The molecule has 1 aliphatic heterocycles. The van der Waals surface area contributed by atoms with Crippen LogP contribution in [0.5, 0.6) is 17.2 Å². The number of rotatable bonds is 3. The fraction of sp³-hybridized carbons (Fsp3) is 0.118. The van der Waals surface area contributed by atoms with Gasteiger partial charge in [-0.1, -0.05) is 12.1 Å². The first kappa shape index (κ1) is 13.2. The standard InChI is InChI=1S/C17H14O4/c1-19-12-5-3-11(4-6-12)9-16-17(18)14-10-13(20-2)7-8-15(14)21-16/h3-10H,1-2H3/b16-9-. The predicted molar refractivity (Wildman–Crippen MR) is 78.9 cm³/mol. The number of benzene rings is 2. The van der Waals surface area contributed by atoms with Gasteiger partial charge in [-0.15, -0.1) is 0 Å². The van der Waals surface area contributed by atoms with Gasteiger partial charge in [0.1, 0.15) is 17.2 Å². The molecule has 0 radical (unpaired) electrons. The molecule has 1 heterocycles. The Balaban J connectivity index is 1.91. The average molecular weight is 282 g/mol. The maximum Gasteiger partial charge on any atom is 0.232 e. The molecule has 0 unspecified atom stereocenters. The summed E-state index contributed by atoms with van der Waals surface area (Å²) >= 11 is 0. The zero-order valence-electron chi connectivity index (χ0n) is 11.8. The van der Waals surface area contributed by atoms with Crippen molar-refractivity contribution in [2.45, 2.75) is 0 Å². The maximum absolute atomic E-state index is 12.3. The molecule has 106 valence electrons. The van der Waals surface area contributed by atoms with Gasteiger partial charge in [0.15, 0.2) is 5.76 Å². The number of carbonyl (C=O) groups excluding carboxylic acids is 1. The second-order valence-electron chi connectivity index (χ2n) is 4.58. The summed E-state index contributed by atoms with van der Waals surface area (Å²) < 4.78 is 15.8. The first-order valence-electron chi connectivity index (χ1n) is 6.47. The monoisotopic (exact) mass is 282 g/mol. The van der Waals surface area contributed by atoms with Crippen LogP contribution in [0.25, 0.3) is 6.08 Å². The normalized spacial score (nSPS) is 14.8. The van der Waals surface area contributed by atoms with Gasteiger partial charge in [0.25, 0.3) is 0 Å². The maximum atomic E-state index is 12.3. The van der Waals surface area contributed by atoms with Gasteiger partial charge in [-0.05, 0) is 42.0 Å². The van der Waals surface area contributed by atoms with E-state index < -0.39 is 0 Å². The van der Waals surface area contributed by atoms with Crippen LogP contribution in [0.3, 0.4) is 0 Å². The molecule has 0 saturated heterocycles. The summed E-state index contributed by atoms with van der Waals surface area (Å²) in [6, 6.07) is 12.6. The van der Waals surface area contributed by atoms with Gasteiger partial charge in [-0.25, -0.2) is 0 Å². The lowest BCUT2D eigenvalue weighted by atomic mass is 10.1. The van der Waals surface area contributed by atoms with E-state index in [2.05, 4.69) is 0 Å². The number of carbonyl (C=O) groups is 1. The molecule has 0 spiro atoms. The lowest BCUT2D eigenvalue weighted by Crippen LogP contribution is -1.98. The fourth-order valence-corrected chi connectivity index (χ4v) is 2.15. The van der Waals surface area contributed by atoms with Gasteiger partial charge in [0, 0.05) is 0 Å². The number of ether oxygens (including phenoxy) is 3. The van der Waals surface area contributed by atoms with Crippen molar-refractivity contribution in [2.75, 3.05) is 14.2 Å². The molecule has 1 aliphatic rings. The lowest BCUT2D eigenvalue weighted by Gasteiger charge is -2.01. The zero-order valence-corrected chi connectivity index (χ0v) is 11.8. The quantitative estimate of drug-likeness (QED) is 0.810. The summed E-state index contributed by atoms with van der Waals surface area (Å²) in [6.07, 6.45) is 1.72. The van der Waals surface area contributed by atoms with Crippen molar-refractivity contribution < 1.29 is 19.0 Å². The van der Waals surface area contributed by atoms with Crippen LogP contribution in [0.15, 0.2) is 48.2 Å². The Hall–Kier alpha value is -2.75. The molecule has 0 fully saturated rings. The third-order valence-corrected chi connectivity index (χ3v) is 3.29. The molecule has 21 heavy (non-hydrogen) atoms. The number of ketones is 1.